The van der Waals surface area contributed by atoms with Crippen molar-refractivity contribution in [3.63, 3.8) is 0 Å². The zero-order valence-electron chi connectivity index (χ0n) is 21.9. The van der Waals surface area contributed by atoms with E-state index in [0.29, 0.717) is 24.0 Å². The monoisotopic (exact) mass is 536 g/mol. The first-order valence-electron chi connectivity index (χ1n) is 13.3. The van der Waals surface area contributed by atoms with Gasteiger partial charge in [-0.15, -0.1) is 0 Å². The zero-order chi connectivity index (χ0) is 26.8. The molecule has 3 unspecified atom stereocenters. The molecule has 4 aromatic carbocycles. The summed E-state index contributed by atoms with van der Waals surface area (Å²) in [4.78, 5) is 0.332. The Kier molecular flexibility index (Phi) is 6.98. The van der Waals surface area contributed by atoms with Crippen LogP contribution in [0.5, 0.6) is 5.75 Å². The second kappa shape index (κ2) is 10.7. The Morgan fingerprint density at radius 1 is 0.872 bits per heavy atom. The highest BCUT2D eigenvalue weighted by Crippen LogP contribution is 2.50. The van der Waals surface area contributed by atoms with Gasteiger partial charge in [-0.2, -0.15) is 4.31 Å². The standard InChI is InChI=1S/C33H32N2O3S/c1-35(22-24-9-4-2-5-10-24)39(36,37)28-19-20-32-31(21-28)29-13-8-14-30(29)33(34-32)26-15-17-27(18-16-26)38-23-25-11-6-3-7-12-25/h2-13,15-21,29-30,33-34H,14,22-23H2,1H3. The van der Waals surface area contributed by atoms with Crippen LogP contribution in [-0.4, -0.2) is 19.8 Å². The molecule has 0 saturated carbocycles. The molecule has 0 fully saturated rings. The molecule has 5 nitrogen and oxygen atoms in total. The van der Waals surface area contributed by atoms with Crippen LogP contribution < -0.4 is 10.1 Å². The number of hydrogen-bond donors (Lipinski definition) is 1. The smallest absolute Gasteiger partial charge is 0.243 e. The number of nitrogens with one attached hydrogen (secondary N) is 1. The highest BCUT2D eigenvalue weighted by Gasteiger charge is 2.38. The van der Waals surface area contributed by atoms with Crippen molar-refractivity contribution in [2.75, 3.05) is 12.4 Å². The summed E-state index contributed by atoms with van der Waals surface area (Å²) in [5, 5.41) is 3.72. The third kappa shape index (κ3) is 5.22. The van der Waals surface area contributed by atoms with E-state index >= 15 is 0 Å². The predicted molar refractivity (Wildman–Crippen MR) is 155 cm³/mol. The van der Waals surface area contributed by atoms with E-state index in [2.05, 4.69) is 41.7 Å². The van der Waals surface area contributed by atoms with Crippen molar-refractivity contribution in [3.8, 4) is 5.75 Å². The minimum Gasteiger partial charge on any atom is -0.489 e. The van der Waals surface area contributed by atoms with Crippen molar-refractivity contribution in [2.24, 2.45) is 5.92 Å². The van der Waals surface area contributed by atoms with Crippen LogP contribution in [0, 0.1) is 5.92 Å². The Balaban J connectivity index is 1.21. The minimum atomic E-state index is -3.63. The molecule has 4 aromatic rings. The highest BCUT2D eigenvalue weighted by atomic mass is 32.2. The maximum Gasteiger partial charge on any atom is 0.243 e. The molecule has 0 bridgehead atoms. The molecule has 0 spiro atoms. The number of hydrogen-bond acceptors (Lipinski definition) is 4. The van der Waals surface area contributed by atoms with E-state index in [-0.39, 0.29) is 12.0 Å². The number of benzene rings is 4. The molecule has 0 amide bonds. The van der Waals surface area contributed by atoms with Crippen LogP contribution in [0.2, 0.25) is 0 Å². The van der Waals surface area contributed by atoms with Gasteiger partial charge in [-0.25, -0.2) is 8.42 Å². The van der Waals surface area contributed by atoms with E-state index in [1.54, 1.807) is 13.1 Å². The van der Waals surface area contributed by atoms with Crippen LogP contribution in [0.25, 0.3) is 0 Å². The molecular weight excluding hydrogens is 504 g/mol. The van der Waals surface area contributed by atoms with E-state index in [1.165, 1.54) is 9.87 Å². The Morgan fingerprint density at radius 3 is 2.28 bits per heavy atom. The number of rotatable bonds is 8. The number of nitrogens with zero attached hydrogens (tertiary/aromatic N) is 1. The lowest BCUT2D eigenvalue weighted by Gasteiger charge is -2.38. The average Bonchev–Trinajstić information content (AvgIpc) is 3.47. The molecule has 1 aliphatic heterocycles. The van der Waals surface area contributed by atoms with Crippen LogP contribution in [0.3, 0.4) is 0 Å². The van der Waals surface area contributed by atoms with Gasteiger partial charge in [0.25, 0.3) is 0 Å². The second-order valence-electron chi connectivity index (χ2n) is 10.3. The molecular formula is C33H32N2O3S. The van der Waals surface area contributed by atoms with Gasteiger partial charge in [0.1, 0.15) is 12.4 Å². The average molecular weight is 537 g/mol. The van der Waals surface area contributed by atoms with Gasteiger partial charge in [0.15, 0.2) is 0 Å². The highest BCUT2D eigenvalue weighted by molar-refractivity contribution is 7.89. The van der Waals surface area contributed by atoms with E-state index in [1.807, 2.05) is 72.8 Å². The van der Waals surface area contributed by atoms with Crippen molar-refractivity contribution < 1.29 is 13.2 Å². The van der Waals surface area contributed by atoms with Crippen LogP contribution >= 0.6 is 0 Å². The van der Waals surface area contributed by atoms with Crippen LogP contribution in [0.15, 0.2) is 120 Å². The Bertz CT molecular complexity index is 1570. The van der Waals surface area contributed by atoms with Crippen molar-refractivity contribution in [3.05, 3.63) is 138 Å². The lowest BCUT2D eigenvalue weighted by Crippen LogP contribution is -2.30. The molecule has 6 rings (SSSR count). The first-order valence-corrected chi connectivity index (χ1v) is 14.8. The molecule has 3 atom stereocenters. The van der Waals surface area contributed by atoms with Crippen LogP contribution in [0.1, 0.15) is 40.6 Å². The van der Waals surface area contributed by atoms with E-state index in [9.17, 15) is 8.42 Å². The molecule has 39 heavy (non-hydrogen) atoms. The number of fused-ring (bicyclic) bond motifs is 3. The third-order valence-corrected chi connectivity index (χ3v) is 9.58. The number of ether oxygens (including phenoxy) is 1. The van der Waals surface area contributed by atoms with E-state index in [4.69, 9.17) is 4.74 Å². The molecule has 0 aromatic heterocycles. The fourth-order valence-corrected chi connectivity index (χ4v) is 6.88. The summed E-state index contributed by atoms with van der Waals surface area (Å²) in [5.41, 5.74) is 5.33. The van der Waals surface area contributed by atoms with Gasteiger partial charge in [-0.05, 0) is 64.9 Å². The van der Waals surface area contributed by atoms with Crippen molar-refractivity contribution >= 4 is 15.7 Å². The van der Waals surface area contributed by atoms with Gasteiger partial charge in [-0.3, -0.25) is 0 Å². The Labute approximate surface area is 230 Å². The maximum absolute atomic E-state index is 13.5. The van der Waals surface area contributed by atoms with Crippen molar-refractivity contribution in [1.82, 2.24) is 4.31 Å². The fraction of sp³-hybridized carbons (Fsp3) is 0.212. The normalized spacial score (nSPS) is 19.8. The summed E-state index contributed by atoms with van der Waals surface area (Å²) in [6, 6.07) is 33.8. The minimum absolute atomic E-state index is 0.129. The molecule has 2 aliphatic rings. The van der Waals surface area contributed by atoms with Crippen LogP contribution in [0.4, 0.5) is 5.69 Å². The van der Waals surface area contributed by atoms with Crippen molar-refractivity contribution in [2.45, 2.75) is 36.4 Å². The quantitative estimate of drug-likeness (QED) is 0.249. The molecule has 198 valence electrons. The maximum atomic E-state index is 13.5. The molecule has 0 saturated heterocycles. The molecule has 1 aliphatic carbocycles. The topological polar surface area (TPSA) is 58.6 Å². The summed E-state index contributed by atoms with van der Waals surface area (Å²) in [7, 11) is -1.99. The summed E-state index contributed by atoms with van der Waals surface area (Å²) in [5.74, 6) is 1.32. The Hall–Kier alpha value is -3.87. The lowest BCUT2D eigenvalue weighted by atomic mass is 9.77. The van der Waals surface area contributed by atoms with Gasteiger partial charge in [0.2, 0.25) is 10.0 Å². The van der Waals surface area contributed by atoms with Gasteiger partial charge in [0.05, 0.1) is 10.9 Å². The fourth-order valence-electron chi connectivity index (χ4n) is 5.68. The summed E-state index contributed by atoms with van der Waals surface area (Å²) in [6.07, 6.45) is 5.40. The Morgan fingerprint density at radius 2 is 1.56 bits per heavy atom. The van der Waals surface area contributed by atoms with Gasteiger partial charge in [0, 0.05) is 25.2 Å². The van der Waals surface area contributed by atoms with Gasteiger partial charge >= 0.3 is 0 Å². The number of allylic oxidation sites excluding steroid dienone is 2. The summed E-state index contributed by atoms with van der Waals surface area (Å²) < 4.78 is 34.3. The zero-order valence-corrected chi connectivity index (χ0v) is 22.7. The molecule has 6 heteroatoms. The molecule has 1 heterocycles. The second-order valence-corrected chi connectivity index (χ2v) is 12.4. The van der Waals surface area contributed by atoms with E-state index < -0.39 is 10.0 Å². The first-order chi connectivity index (χ1) is 19.0. The summed E-state index contributed by atoms with van der Waals surface area (Å²) >= 11 is 0. The molecule has 1 N–H and O–H groups in total. The van der Waals surface area contributed by atoms with Crippen molar-refractivity contribution in [1.29, 1.82) is 0 Å². The number of sulfonamides is 1. The largest absolute Gasteiger partial charge is 0.489 e. The van der Waals surface area contributed by atoms with Crippen LogP contribution in [-0.2, 0) is 23.2 Å². The van der Waals surface area contributed by atoms with E-state index in [0.717, 1.165) is 34.5 Å². The molecule has 0 radical (unpaired) electrons. The lowest BCUT2D eigenvalue weighted by molar-refractivity contribution is 0.306. The van der Waals surface area contributed by atoms with Gasteiger partial charge < -0.3 is 10.1 Å². The SMILES string of the molecule is CN(Cc1ccccc1)S(=O)(=O)c1ccc2c(c1)C1C=CCC1C(c1ccc(OCc3ccccc3)cc1)N2. The number of anilines is 1. The van der Waals surface area contributed by atoms with Gasteiger partial charge in [-0.1, -0.05) is 84.9 Å². The first kappa shape index (κ1) is 25.4. The summed E-state index contributed by atoms with van der Waals surface area (Å²) in [6.45, 7) is 0.868. The predicted octanol–water partition coefficient (Wildman–Crippen LogP) is 6.91. The third-order valence-electron chi connectivity index (χ3n) is 7.78.